The van der Waals surface area contributed by atoms with Crippen molar-refractivity contribution in [2.75, 3.05) is 13.1 Å². The van der Waals surface area contributed by atoms with Crippen LogP contribution in [0, 0.1) is 0 Å². The van der Waals surface area contributed by atoms with Gasteiger partial charge in [-0.15, -0.1) is 0 Å². The third kappa shape index (κ3) is 2.07. The van der Waals surface area contributed by atoms with Gasteiger partial charge in [-0.1, -0.05) is 0 Å². The lowest BCUT2D eigenvalue weighted by Crippen LogP contribution is -2.53. The highest BCUT2D eigenvalue weighted by Crippen LogP contribution is 2.33. The van der Waals surface area contributed by atoms with E-state index in [1.807, 2.05) is 0 Å². The van der Waals surface area contributed by atoms with E-state index in [4.69, 9.17) is 5.11 Å². The molecule has 1 aliphatic rings. The Morgan fingerprint density at radius 2 is 2.17 bits per heavy atom. The van der Waals surface area contributed by atoms with Gasteiger partial charge in [0.15, 0.2) is 5.69 Å². The van der Waals surface area contributed by atoms with E-state index in [1.54, 1.807) is 0 Å². The second-order valence-corrected chi connectivity index (χ2v) is 4.08. The maximum atomic E-state index is 12.9. The SMILES string of the molecule is CCn1ncc(C(=O)N2CC(O)C2)c1C(F)(F)F. The van der Waals surface area contributed by atoms with E-state index in [0.717, 1.165) is 15.8 Å². The van der Waals surface area contributed by atoms with Gasteiger partial charge in [-0.2, -0.15) is 18.3 Å². The smallest absolute Gasteiger partial charge is 0.389 e. The summed E-state index contributed by atoms with van der Waals surface area (Å²) in [7, 11) is 0. The molecule has 2 rings (SSSR count). The van der Waals surface area contributed by atoms with Gasteiger partial charge in [-0.05, 0) is 6.92 Å². The summed E-state index contributed by atoms with van der Waals surface area (Å²) >= 11 is 0. The molecule has 1 amide bonds. The van der Waals surface area contributed by atoms with Gasteiger partial charge in [0.1, 0.15) is 0 Å². The van der Waals surface area contributed by atoms with Crippen LogP contribution in [0.4, 0.5) is 13.2 Å². The first-order valence-electron chi connectivity index (χ1n) is 5.45. The zero-order valence-corrected chi connectivity index (χ0v) is 9.61. The molecule has 2 heterocycles. The molecule has 1 saturated heterocycles. The summed E-state index contributed by atoms with van der Waals surface area (Å²) in [6, 6.07) is 0. The molecule has 0 unspecified atom stereocenters. The lowest BCUT2D eigenvalue weighted by molar-refractivity contribution is -0.144. The summed E-state index contributed by atoms with van der Waals surface area (Å²) in [6.07, 6.45) is -4.34. The molecule has 5 nitrogen and oxygen atoms in total. The fourth-order valence-electron chi connectivity index (χ4n) is 1.87. The van der Waals surface area contributed by atoms with Crippen LogP contribution in [0.3, 0.4) is 0 Å². The predicted molar refractivity (Wildman–Crippen MR) is 54.8 cm³/mol. The number of β-amino-alcohol motifs (C(OH)–C–C–N with tert-alkyl or cyclic N) is 1. The molecule has 1 aromatic rings. The number of hydrogen-bond donors (Lipinski definition) is 1. The van der Waals surface area contributed by atoms with Gasteiger partial charge >= 0.3 is 6.18 Å². The molecule has 8 heteroatoms. The fourth-order valence-corrected chi connectivity index (χ4v) is 1.87. The number of nitrogens with zero attached hydrogens (tertiary/aromatic N) is 3. The van der Waals surface area contributed by atoms with Crippen LogP contribution in [0.25, 0.3) is 0 Å². The van der Waals surface area contributed by atoms with Crippen LogP contribution < -0.4 is 0 Å². The Morgan fingerprint density at radius 1 is 1.56 bits per heavy atom. The molecular formula is C10H12F3N3O2. The number of carbonyl (C=O) groups is 1. The van der Waals surface area contributed by atoms with Crippen molar-refractivity contribution in [1.82, 2.24) is 14.7 Å². The highest BCUT2D eigenvalue weighted by molar-refractivity contribution is 5.95. The van der Waals surface area contributed by atoms with Crippen molar-refractivity contribution in [3.05, 3.63) is 17.5 Å². The number of hydrogen-bond acceptors (Lipinski definition) is 3. The molecule has 1 N–H and O–H groups in total. The highest BCUT2D eigenvalue weighted by atomic mass is 19.4. The number of halogens is 3. The van der Waals surface area contributed by atoms with E-state index in [2.05, 4.69) is 5.10 Å². The van der Waals surface area contributed by atoms with Crippen molar-refractivity contribution < 1.29 is 23.1 Å². The van der Waals surface area contributed by atoms with E-state index in [0.29, 0.717) is 0 Å². The largest absolute Gasteiger partial charge is 0.433 e. The summed E-state index contributed by atoms with van der Waals surface area (Å²) < 4.78 is 39.4. The summed E-state index contributed by atoms with van der Waals surface area (Å²) in [5.74, 6) is -0.743. The Kier molecular flexibility index (Phi) is 3.05. The molecular weight excluding hydrogens is 251 g/mol. The molecule has 0 bridgehead atoms. The van der Waals surface area contributed by atoms with Crippen LogP contribution in [0.1, 0.15) is 23.0 Å². The van der Waals surface area contributed by atoms with E-state index >= 15 is 0 Å². The first-order valence-corrected chi connectivity index (χ1v) is 5.45. The number of carbonyl (C=O) groups excluding carboxylic acids is 1. The minimum Gasteiger partial charge on any atom is -0.389 e. The number of likely N-dealkylation sites (tertiary alicyclic amines) is 1. The van der Waals surface area contributed by atoms with E-state index in [1.165, 1.54) is 6.92 Å². The Bertz CT molecular complexity index is 463. The molecule has 0 spiro atoms. The lowest BCUT2D eigenvalue weighted by atomic mass is 10.1. The minimum absolute atomic E-state index is 0.0325. The minimum atomic E-state index is -4.62. The molecule has 1 fully saturated rings. The van der Waals surface area contributed by atoms with Gasteiger partial charge in [-0.25, -0.2) is 0 Å². The van der Waals surface area contributed by atoms with Crippen LogP contribution in [-0.2, 0) is 12.7 Å². The van der Waals surface area contributed by atoms with Crippen molar-refractivity contribution >= 4 is 5.91 Å². The summed E-state index contributed by atoms with van der Waals surface area (Å²) in [4.78, 5) is 13.0. The summed E-state index contributed by atoms with van der Waals surface area (Å²) in [6.45, 7) is 1.68. The summed E-state index contributed by atoms with van der Waals surface area (Å²) in [5.41, 5.74) is -1.49. The molecule has 1 aliphatic heterocycles. The molecule has 0 radical (unpaired) electrons. The number of rotatable bonds is 2. The average molecular weight is 263 g/mol. The second-order valence-electron chi connectivity index (χ2n) is 4.08. The number of amides is 1. The number of aromatic nitrogens is 2. The number of alkyl halides is 3. The zero-order valence-electron chi connectivity index (χ0n) is 9.61. The Labute approximate surface area is 101 Å². The van der Waals surface area contributed by atoms with Gasteiger partial charge in [0.05, 0.1) is 17.9 Å². The van der Waals surface area contributed by atoms with E-state index in [-0.39, 0.29) is 19.6 Å². The monoisotopic (exact) mass is 263 g/mol. The van der Waals surface area contributed by atoms with E-state index < -0.39 is 29.4 Å². The van der Waals surface area contributed by atoms with Gasteiger partial charge < -0.3 is 10.0 Å². The molecule has 18 heavy (non-hydrogen) atoms. The van der Waals surface area contributed by atoms with Gasteiger partial charge in [0, 0.05) is 19.6 Å². The third-order valence-electron chi connectivity index (χ3n) is 2.79. The van der Waals surface area contributed by atoms with Crippen LogP contribution in [-0.4, -0.2) is 44.9 Å². The van der Waals surface area contributed by atoms with E-state index in [9.17, 15) is 18.0 Å². The summed E-state index contributed by atoms with van der Waals surface area (Å²) in [5, 5.41) is 12.6. The first kappa shape index (κ1) is 12.9. The Hall–Kier alpha value is -1.57. The van der Waals surface area contributed by atoms with Crippen LogP contribution in [0.5, 0.6) is 0 Å². The maximum absolute atomic E-state index is 12.9. The highest BCUT2D eigenvalue weighted by Gasteiger charge is 2.42. The lowest BCUT2D eigenvalue weighted by Gasteiger charge is -2.35. The van der Waals surface area contributed by atoms with Crippen molar-refractivity contribution in [3.8, 4) is 0 Å². The fraction of sp³-hybridized carbons (Fsp3) is 0.600. The zero-order chi connectivity index (χ0) is 13.5. The maximum Gasteiger partial charge on any atom is 0.433 e. The molecule has 100 valence electrons. The molecule has 0 atom stereocenters. The predicted octanol–water partition coefficient (Wildman–Crippen LogP) is 0.739. The van der Waals surface area contributed by atoms with Gasteiger partial charge in [0.25, 0.3) is 5.91 Å². The van der Waals surface area contributed by atoms with Crippen molar-refractivity contribution in [2.24, 2.45) is 0 Å². The Morgan fingerprint density at radius 3 is 2.61 bits per heavy atom. The average Bonchev–Trinajstić information content (AvgIpc) is 2.67. The van der Waals surface area contributed by atoms with Crippen molar-refractivity contribution in [3.63, 3.8) is 0 Å². The quantitative estimate of drug-likeness (QED) is 0.856. The van der Waals surface area contributed by atoms with Crippen molar-refractivity contribution in [2.45, 2.75) is 25.7 Å². The number of aliphatic hydroxyl groups excluding tert-OH is 1. The topological polar surface area (TPSA) is 58.4 Å². The number of aryl methyl sites for hydroxylation is 1. The molecule has 0 aliphatic carbocycles. The first-order chi connectivity index (χ1) is 8.34. The standard InChI is InChI=1S/C10H12F3N3O2/c1-2-16-8(10(11,12)13)7(3-14-16)9(18)15-4-6(17)5-15/h3,6,17H,2,4-5H2,1H3. The van der Waals surface area contributed by atoms with Crippen LogP contribution >= 0.6 is 0 Å². The third-order valence-corrected chi connectivity index (χ3v) is 2.79. The molecule has 1 aromatic heterocycles. The Balaban J connectivity index is 2.33. The number of aliphatic hydroxyl groups is 1. The van der Waals surface area contributed by atoms with Gasteiger partial charge in [0.2, 0.25) is 0 Å². The molecule has 0 aromatic carbocycles. The molecule has 0 saturated carbocycles. The van der Waals surface area contributed by atoms with Crippen molar-refractivity contribution in [1.29, 1.82) is 0 Å². The van der Waals surface area contributed by atoms with Crippen LogP contribution in [0.15, 0.2) is 6.20 Å². The second kappa shape index (κ2) is 4.27. The normalized spacial score (nSPS) is 16.8. The van der Waals surface area contributed by atoms with Crippen LogP contribution in [0.2, 0.25) is 0 Å². The van der Waals surface area contributed by atoms with Gasteiger partial charge in [-0.3, -0.25) is 9.48 Å².